The van der Waals surface area contributed by atoms with Crippen LogP contribution < -0.4 is 4.74 Å². The maximum Gasteiger partial charge on any atom is 0.270 e. The summed E-state index contributed by atoms with van der Waals surface area (Å²) in [5.74, 6) is 1.89. The molecule has 2 aromatic heterocycles. The van der Waals surface area contributed by atoms with Crippen molar-refractivity contribution in [1.82, 2.24) is 14.9 Å². The van der Waals surface area contributed by atoms with Crippen LogP contribution in [0.5, 0.6) is 5.75 Å². The number of nitrogens with one attached hydrogen (secondary N) is 1. The van der Waals surface area contributed by atoms with Crippen LogP contribution >= 0.6 is 0 Å². The van der Waals surface area contributed by atoms with Crippen molar-refractivity contribution in [3.05, 3.63) is 83.5 Å². The number of amides is 1. The number of piperidine rings is 1. The first-order valence-corrected chi connectivity index (χ1v) is 10.7. The van der Waals surface area contributed by atoms with Gasteiger partial charge in [0.05, 0.1) is 19.2 Å². The van der Waals surface area contributed by atoms with Crippen molar-refractivity contribution < 1.29 is 18.3 Å². The molecule has 0 saturated carbocycles. The van der Waals surface area contributed by atoms with E-state index in [1.165, 1.54) is 12.1 Å². The lowest BCUT2D eigenvalue weighted by atomic mass is 9.97. The highest BCUT2D eigenvalue weighted by atomic mass is 19.1. The average molecular weight is 433 g/mol. The van der Waals surface area contributed by atoms with Crippen molar-refractivity contribution in [2.24, 2.45) is 0 Å². The molecule has 1 N–H and O–H groups in total. The zero-order chi connectivity index (χ0) is 22.1. The number of carbonyl (C=O) groups is 1. The molecular formula is C25H24FN3O3. The van der Waals surface area contributed by atoms with Crippen LogP contribution in [0.25, 0.3) is 10.9 Å². The number of H-pyrrole nitrogens is 1. The zero-order valence-electron chi connectivity index (χ0n) is 17.8. The number of carbonyl (C=O) groups excluding carboxylic acids is 1. The Morgan fingerprint density at radius 2 is 2.19 bits per heavy atom. The standard InChI is InChI=1S/C25H24FN3O3/c1-31-20-6-2-4-16(10-20)11-21-14-27-24(32-21)18-5-3-9-29(15-18)25(30)23-12-17-7-8-19(26)13-22(17)28-23/h2,4,6-8,10,12-14,18,28H,3,5,9,11,15H2,1H3/t18-/m1/s1. The minimum Gasteiger partial charge on any atom is -0.497 e. The third-order valence-corrected chi connectivity index (χ3v) is 5.96. The number of aromatic nitrogens is 2. The number of hydrogen-bond donors (Lipinski definition) is 1. The number of rotatable bonds is 5. The Morgan fingerprint density at radius 1 is 1.28 bits per heavy atom. The molecule has 1 atom stereocenters. The van der Waals surface area contributed by atoms with Gasteiger partial charge in [0, 0.05) is 30.4 Å². The number of fused-ring (bicyclic) bond motifs is 1. The van der Waals surface area contributed by atoms with E-state index in [0.717, 1.165) is 35.3 Å². The highest BCUT2D eigenvalue weighted by Crippen LogP contribution is 2.29. The lowest BCUT2D eigenvalue weighted by Gasteiger charge is -2.31. The molecule has 0 bridgehead atoms. The highest BCUT2D eigenvalue weighted by molar-refractivity contribution is 5.98. The molecule has 2 aromatic carbocycles. The van der Waals surface area contributed by atoms with E-state index in [2.05, 4.69) is 9.97 Å². The Bertz CT molecular complexity index is 1260. The summed E-state index contributed by atoms with van der Waals surface area (Å²) in [5, 5.41) is 0.818. The predicted molar refractivity (Wildman–Crippen MR) is 118 cm³/mol. The Morgan fingerprint density at radius 3 is 3.06 bits per heavy atom. The topological polar surface area (TPSA) is 71.4 Å². The molecule has 1 saturated heterocycles. The van der Waals surface area contributed by atoms with Gasteiger partial charge >= 0.3 is 0 Å². The van der Waals surface area contributed by atoms with Crippen molar-refractivity contribution >= 4 is 16.8 Å². The van der Waals surface area contributed by atoms with Crippen LogP contribution in [-0.4, -0.2) is 41.0 Å². The molecule has 164 valence electrons. The number of aromatic amines is 1. The maximum atomic E-state index is 13.5. The molecular weight excluding hydrogens is 409 g/mol. The van der Waals surface area contributed by atoms with E-state index in [-0.39, 0.29) is 17.6 Å². The molecule has 6 nitrogen and oxygen atoms in total. The summed E-state index contributed by atoms with van der Waals surface area (Å²) >= 11 is 0. The average Bonchev–Trinajstić information content (AvgIpc) is 3.45. The number of hydrogen-bond acceptors (Lipinski definition) is 4. The van der Waals surface area contributed by atoms with E-state index in [1.807, 2.05) is 29.2 Å². The highest BCUT2D eigenvalue weighted by Gasteiger charge is 2.29. The van der Waals surface area contributed by atoms with E-state index < -0.39 is 0 Å². The van der Waals surface area contributed by atoms with E-state index in [0.29, 0.717) is 36.6 Å². The van der Waals surface area contributed by atoms with Gasteiger partial charge in [-0.3, -0.25) is 4.79 Å². The van der Waals surface area contributed by atoms with Crippen LogP contribution in [0.3, 0.4) is 0 Å². The Hall–Kier alpha value is -3.61. The van der Waals surface area contributed by atoms with Crippen LogP contribution in [0.2, 0.25) is 0 Å². The first kappa shape index (κ1) is 20.3. The second kappa shape index (κ2) is 8.49. The van der Waals surface area contributed by atoms with E-state index in [9.17, 15) is 9.18 Å². The summed E-state index contributed by atoms with van der Waals surface area (Å²) in [7, 11) is 1.65. The minimum atomic E-state index is -0.329. The second-order valence-corrected chi connectivity index (χ2v) is 8.20. The zero-order valence-corrected chi connectivity index (χ0v) is 17.8. The first-order chi connectivity index (χ1) is 15.6. The Labute approximate surface area is 185 Å². The Kier molecular flexibility index (Phi) is 5.39. The van der Waals surface area contributed by atoms with Crippen molar-refractivity contribution in [3.8, 4) is 5.75 Å². The van der Waals surface area contributed by atoms with E-state index in [1.54, 1.807) is 25.4 Å². The van der Waals surface area contributed by atoms with Crippen molar-refractivity contribution in [1.29, 1.82) is 0 Å². The summed E-state index contributed by atoms with van der Waals surface area (Å²) < 4.78 is 24.8. The molecule has 0 spiro atoms. The van der Waals surface area contributed by atoms with Gasteiger partial charge in [-0.15, -0.1) is 0 Å². The SMILES string of the molecule is COc1cccc(Cc2cnc([C@@H]3CCCN(C(=O)c4cc5ccc(F)cc5[nH]4)C3)o2)c1. The van der Waals surface area contributed by atoms with Crippen LogP contribution in [0.1, 0.15) is 46.5 Å². The van der Waals surface area contributed by atoms with Crippen LogP contribution in [-0.2, 0) is 6.42 Å². The third-order valence-electron chi connectivity index (χ3n) is 5.96. The van der Waals surface area contributed by atoms with Crippen LogP contribution in [0.15, 0.2) is 59.1 Å². The molecule has 1 aliphatic heterocycles. The van der Waals surface area contributed by atoms with Gasteiger partial charge in [-0.2, -0.15) is 0 Å². The summed E-state index contributed by atoms with van der Waals surface area (Å²) in [5.41, 5.74) is 2.18. The summed E-state index contributed by atoms with van der Waals surface area (Å²) in [4.78, 5) is 22.4. The minimum absolute atomic E-state index is 0.0496. The quantitative estimate of drug-likeness (QED) is 0.485. The number of ether oxygens (including phenoxy) is 1. The second-order valence-electron chi connectivity index (χ2n) is 8.20. The molecule has 0 unspecified atom stereocenters. The van der Waals surface area contributed by atoms with Gasteiger partial charge in [-0.1, -0.05) is 12.1 Å². The first-order valence-electron chi connectivity index (χ1n) is 10.7. The molecule has 0 aliphatic carbocycles. The number of methoxy groups -OCH3 is 1. The van der Waals surface area contributed by atoms with Gasteiger partial charge in [0.1, 0.15) is 23.0 Å². The summed E-state index contributed by atoms with van der Waals surface area (Å²) in [6.07, 6.45) is 4.19. The van der Waals surface area contributed by atoms with E-state index in [4.69, 9.17) is 9.15 Å². The molecule has 4 aromatic rings. The number of nitrogens with zero attached hydrogens (tertiary/aromatic N) is 2. The summed E-state index contributed by atoms with van der Waals surface area (Å²) in [6, 6.07) is 14.1. The Balaban J connectivity index is 1.28. The molecule has 1 amide bonds. The molecule has 3 heterocycles. The summed E-state index contributed by atoms with van der Waals surface area (Å²) in [6.45, 7) is 1.22. The fourth-order valence-electron chi connectivity index (χ4n) is 4.32. The number of likely N-dealkylation sites (tertiary alicyclic amines) is 1. The van der Waals surface area contributed by atoms with Crippen molar-refractivity contribution in [2.45, 2.75) is 25.2 Å². The fourth-order valence-corrected chi connectivity index (χ4v) is 4.32. The van der Waals surface area contributed by atoms with Gasteiger partial charge in [0.25, 0.3) is 5.91 Å². The van der Waals surface area contributed by atoms with Gasteiger partial charge in [0.15, 0.2) is 5.89 Å². The van der Waals surface area contributed by atoms with Crippen LogP contribution in [0, 0.1) is 5.82 Å². The van der Waals surface area contributed by atoms with E-state index >= 15 is 0 Å². The number of oxazole rings is 1. The van der Waals surface area contributed by atoms with Crippen LogP contribution in [0.4, 0.5) is 4.39 Å². The predicted octanol–water partition coefficient (Wildman–Crippen LogP) is 4.91. The van der Waals surface area contributed by atoms with Gasteiger partial charge in [-0.25, -0.2) is 9.37 Å². The van der Waals surface area contributed by atoms with Gasteiger partial charge in [0.2, 0.25) is 0 Å². The third kappa shape index (κ3) is 4.10. The molecule has 1 aliphatic rings. The lowest BCUT2D eigenvalue weighted by Crippen LogP contribution is -2.39. The fraction of sp³-hybridized carbons (Fsp3) is 0.280. The molecule has 0 radical (unpaired) electrons. The molecule has 5 rings (SSSR count). The number of halogens is 1. The molecule has 32 heavy (non-hydrogen) atoms. The normalized spacial score (nSPS) is 16.4. The van der Waals surface area contributed by atoms with Crippen molar-refractivity contribution in [2.75, 3.05) is 20.2 Å². The maximum absolute atomic E-state index is 13.5. The smallest absolute Gasteiger partial charge is 0.270 e. The molecule has 1 fully saturated rings. The van der Waals surface area contributed by atoms with Gasteiger partial charge in [-0.05, 0) is 54.8 Å². The van der Waals surface area contributed by atoms with Gasteiger partial charge < -0.3 is 19.0 Å². The molecule has 7 heteroatoms. The number of benzene rings is 2. The monoisotopic (exact) mass is 433 g/mol. The lowest BCUT2D eigenvalue weighted by molar-refractivity contribution is 0.0693. The van der Waals surface area contributed by atoms with Crippen molar-refractivity contribution in [3.63, 3.8) is 0 Å². The largest absolute Gasteiger partial charge is 0.497 e.